The van der Waals surface area contributed by atoms with Gasteiger partial charge in [-0.3, -0.25) is 0 Å². The van der Waals surface area contributed by atoms with Crippen LogP contribution in [0, 0.1) is 12.3 Å². The number of rotatable bonds is 3. The summed E-state index contributed by atoms with van der Waals surface area (Å²) in [6.45, 7) is 1.16. The Labute approximate surface area is 63.5 Å². The summed E-state index contributed by atoms with van der Waals surface area (Å²) >= 11 is 0. The third kappa shape index (κ3) is 7.20. The molecule has 1 atom stereocenters. The van der Waals surface area contributed by atoms with Crippen LogP contribution in [0.2, 0.25) is 0 Å². The highest BCUT2D eigenvalue weighted by atomic mass is 19.4. The van der Waals surface area contributed by atoms with E-state index in [2.05, 4.69) is 10.7 Å². The predicted octanol–water partition coefficient (Wildman–Crippen LogP) is 1.98. The van der Waals surface area contributed by atoms with Crippen molar-refractivity contribution < 1.29 is 17.9 Å². The van der Waals surface area contributed by atoms with Crippen molar-refractivity contribution in [3.63, 3.8) is 0 Å². The molecule has 0 rings (SSSR count). The quantitative estimate of drug-likeness (QED) is 0.582. The maximum Gasteiger partial charge on any atom is 0.391 e. The Bertz CT molecular complexity index is 145. The fourth-order valence-corrected chi connectivity index (χ4v) is 0.400. The number of hydrogen-bond acceptors (Lipinski definition) is 1. The summed E-state index contributed by atoms with van der Waals surface area (Å²) in [6, 6.07) is 0. The Kier molecular flexibility index (Phi) is 3.98. The van der Waals surface area contributed by atoms with Gasteiger partial charge in [0.1, 0.15) is 6.10 Å². The van der Waals surface area contributed by atoms with Gasteiger partial charge in [0.25, 0.3) is 0 Å². The molecule has 0 bridgehead atoms. The van der Waals surface area contributed by atoms with Crippen LogP contribution in [0.4, 0.5) is 13.2 Å². The zero-order valence-corrected chi connectivity index (χ0v) is 6.11. The molecule has 0 aliphatic heterocycles. The number of halogens is 3. The van der Waals surface area contributed by atoms with E-state index in [1.165, 1.54) is 6.92 Å². The van der Waals surface area contributed by atoms with Crippen LogP contribution in [0.15, 0.2) is 0 Å². The summed E-state index contributed by atoms with van der Waals surface area (Å²) < 4.78 is 39.0. The van der Waals surface area contributed by atoms with E-state index in [9.17, 15) is 13.2 Å². The van der Waals surface area contributed by atoms with E-state index in [1.54, 1.807) is 0 Å². The molecule has 0 radical (unpaired) electrons. The second-order valence-corrected chi connectivity index (χ2v) is 2.04. The minimum atomic E-state index is -4.16. The van der Waals surface area contributed by atoms with Gasteiger partial charge in [0.2, 0.25) is 0 Å². The fraction of sp³-hybridized carbons (Fsp3) is 0.714. The normalized spacial score (nSPS) is 14.1. The largest absolute Gasteiger partial charge is 0.391 e. The molecule has 4 heteroatoms. The van der Waals surface area contributed by atoms with E-state index in [-0.39, 0.29) is 6.61 Å². The van der Waals surface area contributed by atoms with Crippen molar-refractivity contribution in [3.05, 3.63) is 0 Å². The maximum absolute atomic E-state index is 11.5. The molecule has 0 fully saturated rings. The Morgan fingerprint density at radius 2 is 2.09 bits per heavy atom. The third-order valence-corrected chi connectivity index (χ3v) is 0.988. The third-order valence-electron chi connectivity index (χ3n) is 0.988. The lowest BCUT2D eigenvalue weighted by atomic mass is 10.4. The Balaban J connectivity index is 3.37. The molecule has 0 aliphatic rings. The van der Waals surface area contributed by atoms with Gasteiger partial charge in [-0.15, -0.1) is 6.42 Å². The molecule has 0 saturated carbocycles. The van der Waals surface area contributed by atoms with Crippen molar-refractivity contribution in [1.29, 1.82) is 0 Å². The molecule has 0 aromatic carbocycles. The molecule has 0 spiro atoms. The molecule has 0 amide bonds. The molecule has 1 unspecified atom stereocenters. The molecule has 0 aromatic heterocycles. The zero-order valence-electron chi connectivity index (χ0n) is 6.11. The molecular weight excluding hydrogens is 157 g/mol. The second kappa shape index (κ2) is 4.24. The highest BCUT2D eigenvalue weighted by Gasteiger charge is 2.26. The van der Waals surface area contributed by atoms with Crippen LogP contribution in [0.3, 0.4) is 0 Å². The first kappa shape index (κ1) is 10.3. The van der Waals surface area contributed by atoms with Gasteiger partial charge in [-0.25, -0.2) is 0 Å². The molecular formula is C7H9F3O. The fourth-order valence-electron chi connectivity index (χ4n) is 0.400. The Hall–Kier alpha value is -0.690. The van der Waals surface area contributed by atoms with Gasteiger partial charge in [-0.1, -0.05) is 5.92 Å². The lowest BCUT2D eigenvalue weighted by molar-refractivity contribution is -0.146. The van der Waals surface area contributed by atoms with Gasteiger partial charge >= 0.3 is 6.18 Å². The first-order valence-electron chi connectivity index (χ1n) is 3.10. The van der Waals surface area contributed by atoms with E-state index in [1.807, 2.05) is 0 Å². The van der Waals surface area contributed by atoms with Crippen LogP contribution in [-0.4, -0.2) is 18.9 Å². The summed E-state index contributed by atoms with van der Waals surface area (Å²) in [4.78, 5) is 0. The molecule has 0 N–H and O–H groups in total. The summed E-state index contributed by atoms with van der Waals surface area (Å²) in [7, 11) is 0. The monoisotopic (exact) mass is 166 g/mol. The minimum Gasteiger partial charge on any atom is -0.365 e. The SMILES string of the molecule is C#CC(C)OCCC(F)(F)F. The summed E-state index contributed by atoms with van der Waals surface area (Å²) in [6.07, 6.45) is -0.782. The van der Waals surface area contributed by atoms with Gasteiger partial charge < -0.3 is 4.74 Å². The van der Waals surface area contributed by atoms with E-state index in [0.29, 0.717) is 0 Å². The van der Waals surface area contributed by atoms with Crippen LogP contribution >= 0.6 is 0 Å². The van der Waals surface area contributed by atoms with Gasteiger partial charge in [0, 0.05) is 0 Å². The van der Waals surface area contributed by atoms with Crippen molar-refractivity contribution in [2.75, 3.05) is 6.61 Å². The van der Waals surface area contributed by atoms with Crippen molar-refractivity contribution in [2.24, 2.45) is 0 Å². The smallest absolute Gasteiger partial charge is 0.365 e. The summed E-state index contributed by atoms with van der Waals surface area (Å²) in [5.74, 6) is 2.16. The number of terminal acetylenes is 1. The van der Waals surface area contributed by atoms with Crippen LogP contribution in [-0.2, 0) is 4.74 Å². The molecule has 1 nitrogen and oxygen atoms in total. The topological polar surface area (TPSA) is 9.23 Å². The lowest BCUT2D eigenvalue weighted by Crippen LogP contribution is -2.14. The minimum absolute atomic E-state index is 0.366. The van der Waals surface area contributed by atoms with Gasteiger partial charge in [0.15, 0.2) is 0 Å². The standard InChI is InChI=1S/C7H9F3O/c1-3-6(2)11-5-4-7(8,9)10/h1,6H,4-5H2,2H3. The summed E-state index contributed by atoms with van der Waals surface area (Å²) in [5.41, 5.74) is 0. The highest BCUT2D eigenvalue weighted by Crippen LogP contribution is 2.19. The van der Waals surface area contributed by atoms with Crippen LogP contribution in [0.1, 0.15) is 13.3 Å². The molecule has 11 heavy (non-hydrogen) atoms. The number of ether oxygens (including phenoxy) is 1. The van der Waals surface area contributed by atoms with Crippen LogP contribution < -0.4 is 0 Å². The van der Waals surface area contributed by atoms with Crippen molar-refractivity contribution in [1.82, 2.24) is 0 Å². The lowest BCUT2D eigenvalue weighted by Gasteiger charge is -2.08. The zero-order chi connectivity index (χ0) is 8.91. The molecule has 0 heterocycles. The number of hydrogen-bond donors (Lipinski definition) is 0. The second-order valence-electron chi connectivity index (χ2n) is 2.04. The Morgan fingerprint density at radius 3 is 2.45 bits per heavy atom. The maximum atomic E-state index is 11.5. The van der Waals surface area contributed by atoms with Gasteiger partial charge in [0.05, 0.1) is 13.0 Å². The average molecular weight is 166 g/mol. The van der Waals surface area contributed by atoms with Gasteiger partial charge in [-0.2, -0.15) is 13.2 Å². The Morgan fingerprint density at radius 1 is 1.55 bits per heavy atom. The van der Waals surface area contributed by atoms with E-state index in [4.69, 9.17) is 6.42 Å². The predicted molar refractivity (Wildman–Crippen MR) is 34.9 cm³/mol. The molecule has 0 saturated heterocycles. The molecule has 0 aliphatic carbocycles. The van der Waals surface area contributed by atoms with E-state index in [0.717, 1.165) is 0 Å². The van der Waals surface area contributed by atoms with Crippen LogP contribution in [0.5, 0.6) is 0 Å². The molecule has 64 valence electrons. The van der Waals surface area contributed by atoms with Crippen molar-refractivity contribution in [3.8, 4) is 12.3 Å². The molecule has 0 aromatic rings. The van der Waals surface area contributed by atoms with E-state index >= 15 is 0 Å². The average Bonchev–Trinajstić information content (AvgIpc) is 1.85. The van der Waals surface area contributed by atoms with Crippen LogP contribution in [0.25, 0.3) is 0 Å². The first-order valence-corrected chi connectivity index (χ1v) is 3.10. The highest BCUT2D eigenvalue weighted by molar-refractivity contribution is 4.91. The number of alkyl halides is 3. The summed E-state index contributed by atoms with van der Waals surface area (Å²) in [5, 5.41) is 0. The van der Waals surface area contributed by atoms with Crippen molar-refractivity contribution in [2.45, 2.75) is 25.6 Å². The van der Waals surface area contributed by atoms with Crippen molar-refractivity contribution >= 4 is 0 Å². The van der Waals surface area contributed by atoms with Gasteiger partial charge in [-0.05, 0) is 6.92 Å². The first-order chi connectivity index (χ1) is 4.95. The van der Waals surface area contributed by atoms with E-state index < -0.39 is 18.7 Å².